The molecule has 8 heteroatoms. The predicted octanol–water partition coefficient (Wildman–Crippen LogP) is -0.618. The van der Waals surface area contributed by atoms with Crippen molar-refractivity contribution in [2.75, 3.05) is 32.7 Å². The Kier molecular flexibility index (Phi) is 6.04. The third kappa shape index (κ3) is 4.79. The van der Waals surface area contributed by atoms with Gasteiger partial charge < -0.3 is 16.0 Å². The number of hydrogen-bond donors (Lipinski definition) is 3. The first-order valence-electron chi connectivity index (χ1n) is 9.15. The van der Waals surface area contributed by atoms with E-state index in [0.29, 0.717) is 13.1 Å². The standard InChI is InChI=1S/C17H28N6O2/c1-13-14(10-20-15-4-2-3-5-19-17(15)25)11-21-23(13)9-8-22-7-6-18-16(24)12-22/h11,15,20H,2-10,12H2,1H3,(H,18,24)(H,19,25)/t15-/m0/s1. The first kappa shape index (κ1) is 17.9. The number of piperazine rings is 1. The molecule has 2 amide bonds. The lowest BCUT2D eigenvalue weighted by molar-refractivity contribution is -0.124. The molecule has 0 saturated carbocycles. The van der Waals surface area contributed by atoms with E-state index in [9.17, 15) is 9.59 Å². The lowest BCUT2D eigenvalue weighted by atomic mass is 10.1. The second kappa shape index (κ2) is 8.44. The molecule has 2 saturated heterocycles. The maximum Gasteiger partial charge on any atom is 0.237 e. The van der Waals surface area contributed by atoms with Crippen molar-refractivity contribution < 1.29 is 9.59 Å². The summed E-state index contributed by atoms with van der Waals surface area (Å²) in [5, 5.41) is 13.6. The quantitative estimate of drug-likeness (QED) is 0.637. The van der Waals surface area contributed by atoms with Crippen LogP contribution in [0.4, 0.5) is 0 Å². The number of hydrogen-bond acceptors (Lipinski definition) is 5. The SMILES string of the molecule is Cc1c(CN[C@H]2CCCCNC2=O)cnn1CCN1CCNC(=O)C1. The van der Waals surface area contributed by atoms with E-state index >= 15 is 0 Å². The fraction of sp³-hybridized carbons (Fsp3) is 0.706. The maximum absolute atomic E-state index is 12.0. The smallest absolute Gasteiger partial charge is 0.237 e. The van der Waals surface area contributed by atoms with Crippen LogP contribution < -0.4 is 16.0 Å². The molecule has 1 aromatic heterocycles. The Morgan fingerprint density at radius 3 is 2.96 bits per heavy atom. The van der Waals surface area contributed by atoms with E-state index in [0.717, 1.165) is 63.2 Å². The minimum atomic E-state index is -0.114. The Balaban J connectivity index is 1.50. The van der Waals surface area contributed by atoms with E-state index in [1.165, 1.54) is 0 Å². The highest BCUT2D eigenvalue weighted by Gasteiger charge is 2.21. The number of carbonyl (C=O) groups excluding carboxylic acids is 2. The number of rotatable bonds is 6. The summed E-state index contributed by atoms with van der Waals surface area (Å²) in [4.78, 5) is 25.6. The lowest BCUT2D eigenvalue weighted by Gasteiger charge is -2.26. The van der Waals surface area contributed by atoms with Crippen molar-refractivity contribution in [3.63, 3.8) is 0 Å². The second-order valence-corrected chi connectivity index (χ2v) is 6.82. The summed E-state index contributed by atoms with van der Waals surface area (Å²) in [6.07, 6.45) is 4.88. The zero-order valence-corrected chi connectivity index (χ0v) is 14.9. The van der Waals surface area contributed by atoms with Crippen LogP contribution in [0.3, 0.4) is 0 Å². The van der Waals surface area contributed by atoms with Gasteiger partial charge in [-0.05, 0) is 26.2 Å². The number of nitrogens with zero attached hydrogens (tertiary/aromatic N) is 3. The van der Waals surface area contributed by atoms with E-state index in [-0.39, 0.29) is 17.9 Å². The van der Waals surface area contributed by atoms with Gasteiger partial charge in [-0.3, -0.25) is 19.2 Å². The molecule has 2 fully saturated rings. The molecule has 0 aromatic carbocycles. The second-order valence-electron chi connectivity index (χ2n) is 6.82. The molecular weight excluding hydrogens is 320 g/mol. The monoisotopic (exact) mass is 348 g/mol. The Bertz CT molecular complexity index is 614. The zero-order valence-electron chi connectivity index (χ0n) is 14.9. The van der Waals surface area contributed by atoms with Gasteiger partial charge >= 0.3 is 0 Å². The fourth-order valence-electron chi connectivity index (χ4n) is 3.37. The van der Waals surface area contributed by atoms with Gasteiger partial charge in [-0.25, -0.2) is 0 Å². The molecule has 2 aliphatic rings. The third-order valence-corrected chi connectivity index (χ3v) is 5.02. The largest absolute Gasteiger partial charge is 0.355 e. The van der Waals surface area contributed by atoms with Gasteiger partial charge in [-0.2, -0.15) is 5.10 Å². The third-order valence-electron chi connectivity index (χ3n) is 5.02. The summed E-state index contributed by atoms with van der Waals surface area (Å²) in [5.74, 6) is 0.195. The number of amides is 2. The Labute approximate surface area is 148 Å². The van der Waals surface area contributed by atoms with Gasteiger partial charge in [-0.15, -0.1) is 0 Å². The number of aromatic nitrogens is 2. The molecule has 8 nitrogen and oxygen atoms in total. The Morgan fingerprint density at radius 1 is 1.24 bits per heavy atom. The summed E-state index contributed by atoms with van der Waals surface area (Å²) < 4.78 is 1.98. The molecule has 0 bridgehead atoms. The van der Waals surface area contributed by atoms with Crippen LogP contribution in [-0.2, 0) is 22.7 Å². The van der Waals surface area contributed by atoms with Crippen molar-refractivity contribution in [2.45, 2.75) is 45.3 Å². The van der Waals surface area contributed by atoms with Crippen LogP contribution >= 0.6 is 0 Å². The molecule has 0 radical (unpaired) electrons. The van der Waals surface area contributed by atoms with Crippen molar-refractivity contribution in [2.24, 2.45) is 0 Å². The van der Waals surface area contributed by atoms with E-state index < -0.39 is 0 Å². The summed E-state index contributed by atoms with van der Waals surface area (Å²) in [6, 6.07) is -0.114. The van der Waals surface area contributed by atoms with Gasteiger partial charge in [-0.1, -0.05) is 0 Å². The van der Waals surface area contributed by atoms with Crippen molar-refractivity contribution in [3.8, 4) is 0 Å². The number of carbonyl (C=O) groups is 2. The molecule has 25 heavy (non-hydrogen) atoms. The summed E-state index contributed by atoms with van der Waals surface area (Å²) in [5.41, 5.74) is 2.23. The van der Waals surface area contributed by atoms with Crippen LogP contribution in [0.1, 0.15) is 30.5 Å². The van der Waals surface area contributed by atoms with Crippen LogP contribution in [0.2, 0.25) is 0 Å². The molecule has 3 N–H and O–H groups in total. The van der Waals surface area contributed by atoms with Crippen LogP contribution in [0, 0.1) is 6.92 Å². The summed E-state index contributed by atoms with van der Waals surface area (Å²) in [6.45, 7) is 7.13. The van der Waals surface area contributed by atoms with E-state index in [1.807, 2.05) is 10.9 Å². The predicted molar refractivity (Wildman–Crippen MR) is 93.9 cm³/mol. The molecule has 138 valence electrons. The summed E-state index contributed by atoms with van der Waals surface area (Å²) in [7, 11) is 0. The van der Waals surface area contributed by atoms with E-state index in [4.69, 9.17) is 0 Å². The van der Waals surface area contributed by atoms with Crippen LogP contribution in [0.15, 0.2) is 6.20 Å². The van der Waals surface area contributed by atoms with E-state index in [1.54, 1.807) is 0 Å². The van der Waals surface area contributed by atoms with Crippen LogP contribution in [0.25, 0.3) is 0 Å². The van der Waals surface area contributed by atoms with Crippen molar-refractivity contribution in [3.05, 3.63) is 17.5 Å². The van der Waals surface area contributed by atoms with Gasteiger partial charge in [0.15, 0.2) is 0 Å². The molecular formula is C17H28N6O2. The van der Waals surface area contributed by atoms with Crippen molar-refractivity contribution >= 4 is 11.8 Å². The minimum Gasteiger partial charge on any atom is -0.355 e. The molecule has 1 aromatic rings. The van der Waals surface area contributed by atoms with Gasteiger partial charge in [0.1, 0.15) is 0 Å². The van der Waals surface area contributed by atoms with E-state index in [2.05, 4.69) is 32.9 Å². The number of nitrogens with one attached hydrogen (secondary N) is 3. The molecule has 0 spiro atoms. The summed E-state index contributed by atoms with van der Waals surface area (Å²) >= 11 is 0. The average molecular weight is 348 g/mol. The highest BCUT2D eigenvalue weighted by Crippen LogP contribution is 2.10. The Hall–Kier alpha value is -1.93. The molecule has 2 aliphatic heterocycles. The van der Waals surface area contributed by atoms with Crippen molar-refractivity contribution in [1.29, 1.82) is 0 Å². The molecule has 1 atom stereocenters. The molecule has 3 rings (SSSR count). The van der Waals surface area contributed by atoms with Gasteiger partial charge in [0.2, 0.25) is 11.8 Å². The molecule has 3 heterocycles. The van der Waals surface area contributed by atoms with Crippen LogP contribution in [0.5, 0.6) is 0 Å². The first-order valence-corrected chi connectivity index (χ1v) is 9.15. The van der Waals surface area contributed by atoms with Gasteiger partial charge in [0.05, 0.1) is 25.3 Å². The average Bonchev–Trinajstić information content (AvgIpc) is 2.81. The molecule has 0 unspecified atom stereocenters. The minimum absolute atomic E-state index is 0.0926. The first-order chi connectivity index (χ1) is 12.1. The zero-order chi connectivity index (χ0) is 17.6. The van der Waals surface area contributed by atoms with Gasteiger partial charge in [0.25, 0.3) is 0 Å². The molecule has 0 aliphatic carbocycles. The fourth-order valence-corrected chi connectivity index (χ4v) is 3.37. The van der Waals surface area contributed by atoms with Crippen LogP contribution in [-0.4, -0.2) is 65.3 Å². The highest BCUT2D eigenvalue weighted by atomic mass is 16.2. The lowest BCUT2D eigenvalue weighted by Crippen LogP contribution is -2.48. The highest BCUT2D eigenvalue weighted by molar-refractivity contribution is 5.81. The maximum atomic E-state index is 12.0. The van der Waals surface area contributed by atoms with Crippen molar-refractivity contribution in [1.82, 2.24) is 30.6 Å². The normalized spacial score (nSPS) is 22.4. The van der Waals surface area contributed by atoms with Gasteiger partial charge in [0, 0.05) is 44.0 Å². The Morgan fingerprint density at radius 2 is 2.12 bits per heavy atom. The topological polar surface area (TPSA) is 91.3 Å².